The number of H-pyrrole nitrogens is 1. The summed E-state index contributed by atoms with van der Waals surface area (Å²) < 4.78 is 0. The SMILES string of the molecule is CNCC(CNCC(C)(C)c1ccc[nH]1)C(C)C. The van der Waals surface area contributed by atoms with E-state index in [1.165, 1.54) is 5.69 Å². The lowest BCUT2D eigenvalue weighted by Gasteiger charge is -2.27. The van der Waals surface area contributed by atoms with Gasteiger partial charge >= 0.3 is 0 Å². The predicted octanol–water partition coefficient (Wildman–Crippen LogP) is 2.37. The molecule has 1 unspecified atom stereocenters. The Morgan fingerprint density at radius 1 is 1.28 bits per heavy atom. The van der Waals surface area contributed by atoms with E-state index in [0.717, 1.165) is 19.6 Å². The number of nitrogens with one attached hydrogen (secondary N) is 3. The molecule has 3 N–H and O–H groups in total. The lowest BCUT2D eigenvalue weighted by Crippen LogP contribution is -2.39. The summed E-state index contributed by atoms with van der Waals surface area (Å²) in [5, 5.41) is 6.90. The van der Waals surface area contributed by atoms with E-state index in [4.69, 9.17) is 0 Å². The van der Waals surface area contributed by atoms with Crippen molar-refractivity contribution in [1.29, 1.82) is 0 Å². The molecule has 18 heavy (non-hydrogen) atoms. The minimum Gasteiger partial charge on any atom is -0.365 e. The van der Waals surface area contributed by atoms with Gasteiger partial charge in [0.2, 0.25) is 0 Å². The molecule has 3 heteroatoms. The van der Waals surface area contributed by atoms with Gasteiger partial charge in [0, 0.05) is 23.9 Å². The van der Waals surface area contributed by atoms with Crippen LogP contribution >= 0.6 is 0 Å². The highest BCUT2D eigenvalue weighted by molar-refractivity contribution is 5.15. The van der Waals surface area contributed by atoms with Gasteiger partial charge in [-0.1, -0.05) is 27.7 Å². The molecule has 104 valence electrons. The van der Waals surface area contributed by atoms with Gasteiger partial charge in [-0.3, -0.25) is 0 Å². The van der Waals surface area contributed by atoms with Gasteiger partial charge < -0.3 is 15.6 Å². The second-order valence-corrected chi connectivity index (χ2v) is 6.16. The van der Waals surface area contributed by atoms with E-state index in [9.17, 15) is 0 Å². The van der Waals surface area contributed by atoms with Crippen molar-refractivity contribution in [3.63, 3.8) is 0 Å². The van der Waals surface area contributed by atoms with Gasteiger partial charge in [0.25, 0.3) is 0 Å². The molecule has 0 radical (unpaired) electrons. The summed E-state index contributed by atoms with van der Waals surface area (Å²) in [6.45, 7) is 12.3. The van der Waals surface area contributed by atoms with Crippen LogP contribution in [-0.4, -0.2) is 31.7 Å². The molecule has 0 saturated carbocycles. The smallest absolute Gasteiger partial charge is 0.0217 e. The number of rotatable bonds is 8. The first-order chi connectivity index (χ1) is 8.47. The van der Waals surface area contributed by atoms with Crippen LogP contribution in [0.25, 0.3) is 0 Å². The first-order valence-electron chi connectivity index (χ1n) is 6.96. The Labute approximate surface area is 112 Å². The van der Waals surface area contributed by atoms with Crippen LogP contribution in [0.3, 0.4) is 0 Å². The van der Waals surface area contributed by atoms with Crippen LogP contribution in [0, 0.1) is 11.8 Å². The molecule has 1 rings (SSSR count). The Kier molecular flexibility index (Phi) is 5.89. The summed E-state index contributed by atoms with van der Waals surface area (Å²) in [6.07, 6.45) is 2.00. The average Bonchev–Trinajstić information content (AvgIpc) is 2.81. The van der Waals surface area contributed by atoms with Crippen molar-refractivity contribution >= 4 is 0 Å². The molecule has 1 atom stereocenters. The molecule has 1 aromatic rings. The second kappa shape index (κ2) is 6.95. The molecule has 0 bridgehead atoms. The lowest BCUT2D eigenvalue weighted by atomic mass is 9.88. The second-order valence-electron chi connectivity index (χ2n) is 6.16. The zero-order valence-electron chi connectivity index (χ0n) is 12.5. The monoisotopic (exact) mass is 251 g/mol. The number of aromatic nitrogens is 1. The van der Waals surface area contributed by atoms with Gasteiger partial charge in [0.05, 0.1) is 0 Å². The van der Waals surface area contributed by atoms with Crippen LogP contribution < -0.4 is 10.6 Å². The minimum atomic E-state index is 0.157. The maximum absolute atomic E-state index is 3.62. The quantitative estimate of drug-likeness (QED) is 0.664. The van der Waals surface area contributed by atoms with E-state index in [0.29, 0.717) is 11.8 Å². The number of hydrogen-bond acceptors (Lipinski definition) is 2. The highest BCUT2D eigenvalue weighted by Gasteiger charge is 2.21. The number of hydrogen-bond donors (Lipinski definition) is 3. The third-order valence-electron chi connectivity index (χ3n) is 3.71. The maximum atomic E-state index is 3.62. The zero-order chi connectivity index (χ0) is 13.6. The van der Waals surface area contributed by atoms with Gasteiger partial charge in [0.1, 0.15) is 0 Å². The van der Waals surface area contributed by atoms with Gasteiger partial charge in [0.15, 0.2) is 0 Å². The van der Waals surface area contributed by atoms with Crippen molar-refractivity contribution in [3.8, 4) is 0 Å². The van der Waals surface area contributed by atoms with E-state index >= 15 is 0 Å². The summed E-state index contributed by atoms with van der Waals surface area (Å²) in [6, 6.07) is 4.23. The fraction of sp³-hybridized carbons (Fsp3) is 0.733. The standard InChI is InChI=1S/C15H29N3/c1-12(2)13(9-16-5)10-17-11-15(3,4)14-7-6-8-18-14/h6-8,12-13,16-18H,9-11H2,1-5H3. The van der Waals surface area contributed by atoms with E-state index in [1.54, 1.807) is 0 Å². The van der Waals surface area contributed by atoms with E-state index in [2.05, 4.69) is 55.4 Å². The van der Waals surface area contributed by atoms with Crippen LogP contribution in [0.4, 0.5) is 0 Å². The molecule has 0 aliphatic heterocycles. The Morgan fingerprint density at radius 2 is 2.00 bits per heavy atom. The molecule has 0 saturated heterocycles. The van der Waals surface area contributed by atoms with Crippen LogP contribution in [0.1, 0.15) is 33.4 Å². The summed E-state index contributed by atoms with van der Waals surface area (Å²) in [7, 11) is 2.03. The molecule has 1 heterocycles. The van der Waals surface area contributed by atoms with Crippen LogP contribution in [0.15, 0.2) is 18.3 Å². The molecule has 0 amide bonds. The lowest BCUT2D eigenvalue weighted by molar-refractivity contribution is 0.336. The molecule has 0 aromatic carbocycles. The molecule has 0 spiro atoms. The van der Waals surface area contributed by atoms with Crippen molar-refractivity contribution in [2.75, 3.05) is 26.7 Å². The van der Waals surface area contributed by atoms with Crippen molar-refractivity contribution in [2.45, 2.75) is 33.1 Å². The Balaban J connectivity index is 2.40. The molecular weight excluding hydrogens is 222 g/mol. The van der Waals surface area contributed by atoms with E-state index in [-0.39, 0.29) is 5.41 Å². The van der Waals surface area contributed by atoms with Crippen LogP contribution in [0.2, 0.25) is 0 Å². The molecule has 0 fully saturated rings. The molecule has 0 aliphatic carbocycles. The zero-order valence-corrected chi connectivity index (χ0v) is 12.5. The third-order valence-corrected chi connectivity index (χ3v) is 3.71. The Hall–Kier alpha value is -0.800. The fourth-order valence-electron chi connectivity index (χ4n) is 2.22. The summed E-state index contributed by atoms with van der Waals surface area (Å²) in [5.41, 5.74) is 1.45. The van der Waals surface area contributed by atoms with Gasteiger partial charge in [-0.2, -0.15) is 0 Å². The summed E-state index contributed by atoms with van der Waals surface area (Å²) in [4.78, 5) is 3.31. The first kappa shape index (κ1) is 15.3. The van der Waals surface area contributed by atoms with E-state index in [1.807, 2.05) is 13.2 Å². The first-order valence-corrected chi connectivity index (χ1v) is 6.96. The molecular formula is C15H29N3. The normalized spacial score (nSPS) is 14.1. The third kappa shape index (κ3) is 4.46. The van der Waals surface area contributed by atoms with E-state index < -0.39 is 0 Å². The Bertz CT molecular complexity index is 314. The summed E-state index contributed by atoms with van der Waals surface area (Å²) in [5.74, 6) is 1.40. The van der Waals surface area contributed by atoms with Gasteiger partial charge in [-0.25, -0.2) is 0 Å². The molecule has 3 nitrogen and oxygen atoms in total. The van der Waals surface area contributed by atoms with Crippen molar-refractivity contribution in [2.24, 2.45) is 11.8 Å². The maximum Gasteiger partial charge on any atom is 0.0217 e. The topological polar surface area (TPSA) is 39.8 Å². The van der Waals surface area contributed by atoms with Crippen molar-refractivity contribution < 1.29 is 0 Å². The Morgan fingerprint density at radius 3 is 2.50 bits per heavy atom. The predicted molar refractivity (Wildman–Crippen MR) is 78.9 cm³/mol. The average molecular weight is 251 g/mol. The molecule has 0 aliphatic rings. The number of aromatic amines is 1. The molecule has 1 aromatic heterocycles. The van der Waals surface area contributed by atoms with Crippen molar-refractivity contribution in [3.05, 3.63) is 24.0 Å². The minimum absolute atomic E-state index is 0.157. The fourth-order valence-corrected chi connectivity index (χ4v) is 2.22. The van der Waals surface area contributed by atoms with Crippen LogP contribution in [-0.2, 0) is 5.41 Å². The van der Waals surface area contributed by atoms with Gasteiger partial charge in [-0.15, -0.1) is 0 Å². The van der Waals surface area contributed by atoms with Gasteiger partial charge in [-0.05, 0) is 44.1 Å². The van der Waals surface area contributed by atoms with Crippen LogP contribution in [0.5, 0.6) is 0 Å². The highest BCUT2D eigenvalue weighted by atomic mass is 14.9. The summed E-state index contributed by atoms with van der Waals surface area (Å²) >= 11 is 0. The largest absolute Gasteiger partial charge is 0.365 e. The van der Waals surface area contributed by atoms with Crippen molar-refractivity contribution in [1.82, 2.24) is 15.6 Å². The highest BCUT2D eigenvalue weighted by Crippen LogP contribution is 2.20.